The van der Waals surface area contributed by atoms with Crippen LogP contribution in [0.4, 0.5) is 0 Å². The molecule has 18 heavy (non-hydrogen) atoms. The minimum atomic E-state index is 0.598. The van der Waals surface area contributed by atoms with Gasteiger partial charge in [0.1, 0.15) is 11.8 Å². The van der Waals surface area contributed by atoms with Gasteiger partial charge in [0.25, 0.3) is 0 Å². The number of piperidine rings is 1. The Bertz CT molecular complexity index is 506. The highest BCUT2D eigenvalue weighted by Gasteiger charge is 2.13. The number of rotatable bonds is 4. The van der Waals surface area contributed by atoms with Gasteiger partial charge in [-0.2, -0.15) is 4.98 Å². The lowest BCUT2D eigenvalue weighted by atomic mass is 9.97. The molecule has 0 saturated carbocycles. The third-order valence-corrected chi connectivity index (χ3v) is 3.35. The third kappa shape index (κ3) is 2.43. The monoisotopic (exact) mass is 247 g/mol. The van der Waals surface area contributed by atoms with Crippen molar-refractivity contribution in [2.75, 3.05) is 19.7 Å². The molecule has 2 aromatic heterocycles. The minimum absolute atomic E-state index is 0.598. The predicted molar refractivity (Wildman–Crippen MR) is 67.4 cm³/mol. The second kappa shape index (κ2) is 5.30. The molecule has 1 atom stereocenters. The minimum Gasteiger partial charge on any atom is -0.476 e. The average molecular weight is 247 g/mol. The molecule has 0 radical (unpaired) electrons. The number of hydrogen-bond acceptors (Lipinski definition) is 5. The van der Waals surface area contributed by atoms with Crippen LogP contribution in [0.5, 0.6) is 5.88 Å². The fourth-order valence-corrected chi connectivity index (χ4v) is 2.34. The molecule has 1 aliphatic heterocycles. The first-order valence-electron chi connectivity index (χ1n) is 6.41. The molecule has 3 heterocycles. The van der Waals surface area contributed by atoms with Gasteiger partial charge in [-0.3, -0.25) is 0 Å². The maximum atomic E-state index is 5.73. The number of imidazole rings is 1. The van der Waals surface area contributed by atoms with Gasteiger partial charge in [-0.05, 0) is 38.3 Å². The van der Waals surface area contributed by atoms with Gasteiger partial charge in [0.05, 0.1) is 12.9 Å². The Kier molecular flexibility index (Phi) is 3.36. The molecule has 2 aromatic rings. The second-order valence-electron chi connectivity index (χ2n) is 4.63. The van der Waals surface area contributed by atoms with Crippen molar-refractivity contribution in [1.29, 1.82) is 0 Å². The van der Waals surface area contributed by atoms with Crippen LogP contribution in [0.15, 0.2) is 12.7 Å². The zero-order chi connectivity index (χ0) is 12.2. The van der Waals surface area contributed by atoms with E-state index in [1.165, 1.54) is 19.2 Å². The smallest absolute Gasteiger partial charge is 0.243 e. The van der Waals surface area contributed by atoms with Crippen LogP contribution in [0.25, 0.3) is 11.2 Å². The zero-order valence-electron chi connectivity index (χ0n) is 10.2. The average Bonchev–Trinajstić information content (AvgIpc) is 2.89. The normalized spacial score (nSPS) is 20.1. The first-order chi connectivity index (χ1) is 8.93. The zero-order valence-corrected chi connectivity index (χ0v) is 10.2. The number of aromatic nitrogens is 4. The molecule has 0 bridgehead atoms. The Morgan fingerprint density at radius 1 is 1.33 bits per heavy atom. The van der Waals surface area contributed by atoms with Crippen molar-refractivity contribution in [2.24, 2.45) is 5.92 Å². The van der Waals surface area contributed by atoms with E-state index in [1.54, 1.807) is 6.33 Å². The summed E-state index contributed by atoms with van der Waals surface area (Å²) in [5, 5.41) is 3.41. The van der Waals surface area contributed by atoms with E-state index in [-0.39, 0.29) is 0 Å². The lowest BCUT2D eigenvalue weighted by molar-refractivity contribution is 0.249. The highest BCUT2D eigenvalue weighted by atomic mass is 16.5. The Balaban J connectivity index is 1.57. The van der Waals surface area contributed by atoms with Crippen LogP contribution in [0.2, 0.25) is 0 Å². The van der Waals surface area contributed by atoms with E-state index in [0.717, 1.165) is 30.9 Å². The van der Waals surface area contributed by atoms with E-state index < -0.39 is 0 Å². The molecule has 6 nitrogen and oxygen atoms in total. The molecule has 96 valence electrons. The first kappa shape index (κ1) is 11.4. The number of aromatic amines is 1. The van der Waals surface area contributed by atoms with E-state index >= 15 is 0 Å². The molecular weight excluding hydrogens is 230 g/mol. The van der Waals surface area contributed by atoms with Crippen molar-refractivity contribution in [1.82, 2.24) is 25.3 Å². The van der Waals surface area contributed by atoms with Crippen molar-refractivity contribution in [3.8, 4) is 5.88 Å². The summed E-state index contributed by atoms with van der Waals surface area (Å²) in [6, 6.07) is 0. The summed E-state index contributed by atoms with van der Waals surface area (Å²) < 4.78 is 5.73. The summed E-state index contributed by atoms with van der Waals surface area (Å²) in [7, 11) is 0. The molecular formula is C12H17N5O. The van der Waals surface area contributed by atoms with E-state index in [9.17, 15) is 0 Å². The van der Waals surface area contributed by atoms with Crippen molar-refractivity contribution in [3.63, 3.8) is 0 Å². The first-order valence-corrected chi connectivity index (χ1v) is 6.41. The van der Waals surface area contributed by atoms with Crippen LogP contribution in [0, 0.1) is 5.92 Å². The van der Waals surface area contributed by atoms with Gasteiger partial charge in [-0.25, -0.2) is 9.97 Å². The SMILES string of the molecule is c1nc(OCCC2CCCNC2)c2[nH]cnc2n1. The van der Waals surface area contributed by atoms with Crippen molar-refractivity contribution in [3.05, 3.63) is 12.7 Å². The van der Waals surface area contributed by atoms with Crippen molar-refractivity contribution in [2.45, 2.75) is 19.3 Å². The van der Waals surface area contributed by atoms with Gasteiger partial charge in [0.15, 0.2) is 5.65 Å². The highest BCUT2D eigenvalue weighted by molar-refractivity contribution is 5.74. The number of fused-ring (bicyclic) bond motifs is 1. The van der Waals surface area contributed by atoms with Crippen molar-refractivity contribution >= 4 is 11.2 Å². The van der Waals surface area contributed by atoms with Crippen LogP contribution in [0.1, 0.15) is 19.3 Å². The van der Waals surface area contributed by atoms with E-state index in [1.807, 2.05) is 0 Å². The van der Waals surface area contributed by atoms with Crippen LogP contribution >= 0.6 is 0 Å². The maximum Gasteiger partial charge on any atom is 0.243 e. The van der Waals surface area contributed by atoms with Gasteiger partial charge in [0, 0.05) is 0 Å². The molecule has 1 saturated heterocycles. The summed E-state index contributed by atoms with van der Waals surface area (Å²) in [6.45, 7) is 2.95. The molecule has 6 heteroatoms. The number of H-pyrrole nitrogens is 1. The summed E-state index contributed by atoms with van der Waals surface area (Å²) >= 11 is 0. The van der Waals surface area contributed by atoms with Gasteiger partial charge in [-0.1, -0.05) is 0 Å². The lowest BCUT2D eigenvalue weighted by Gasteiger charge is -2.22. The van der Waals surface area contributed by atoms with Crippen LogP contribution in [-0.2, 0) is 0 Å². The van der Waals surface area contributed by atoms with Gasteiger partial charge < -0.3 is 15.0 Å². The Labute approximate surface area is 105 Å². The second-order valence-corrected chi connectivity index (χ2v) is 4.63. The largest absolute Gasteiger partial charge is 0.476 e. The van der Waals surface area contributed by atoms with Gasteiger partial charge >= 0.3 is 0 Å². The Morgan fingerprint density at radius 2 is 2.33 bits per heavy atom. The van der Waals surface area contributed by atoms with Crippen LogP contribution in [0.3, 0.4) is 0 Å². The molecule has 2 N–H and O–H groups in total. The van der Waals surface area contributed by atoms with E-state index in [4.69, 9.17) is 4.74 Å². The summed E-state index contributed by atoms with van der Waals surface area (Å²) in [4.78, 5) is 15.3. The molecule has 0 spiro atoms. The molecule has 1 aliphatic rings. The number of nitrogens with zero attached hydrogens (tertiary/aromatic N) is 3. The number of nitrogens with one attached hydrogen (secondary N) is 2. The predicted octanol–water partition coefficient (Wildman–Crippen LogP) is 1.12. The molecule has 0 aromatic carbocycles. The van der Waals surface area contributed by atoms with Crippen LogP contribution in [-0.4, -0.2) is 39.6 Å². The lowest BCUT2D eigenvalue weighted by Crippen LogP contribution is -2.30. The number of hydrogen-bond donors (Lipinski definition) is 2. The third-order valence-electron chi connectivity index (χ3n) is 3.35. The van der Waals surface area contributed by atoms with E-state index in [2.05, 4.69) is 25.3 Å². The molecule has 0 aliphatic carbocycles. The Hall–Kier alpha value is -1.69. The van der Waals surface area contributed by atoms with Gasteiger partial charge in [0.2, 0.25) is 5.88 Å². The summed E-state index contributed by atoms with van der Waals surface area (Å²) in [5.74, 6) is 1.32. The highest BCUT2D eigenvalue weighted by Crippen LogP contribution is 2.19. The standard InChI is InChI=1S/C12H17N5O/c1-2-9(6-13-4-1)3-5-18-12-10-11(15-7-14-10)16-8-17-12/h7-9,13H,1-6H2,(H,14,15,16,17). The molecule has 0 amide bonds. The summed E-state index contributed by atoms with van der Waals surface area (Å²) in [6.07, 6.45) is 6.72. The fourth-order valence-electron chi connectivity index (χ4n) is 2.34. The topological polar surface area (TPSA) is 75.7 Å². The Morgan fingerprint density at radius 3 is 3.22 bits per heavy atom. The number of ether oxygens (including phenoxy) is 1. The summed E-state index contributed by atoms with van der Waals surface area (Å²) in [5.41, 5.74) is 1.43. The quantitative estimate of drug-likeness (QED) is 0.846. The molecule has 1 unspecified atom stereocenters. The molecule has 3 rings (SSSR count). The van der Waals surface area contributed by atoms with E-state index in [0.29, 0.717) is 18.1 Å². The van der Waals surface area contributed by atoms with Crippen LogP contribution < -0.4 is 10.1 Å². The molecule has 1 fully saturated rings. The van der Waals surface area contributed by atoms with Crippen molar-refractivity contribution < 1.29 is 4.74 Å². The fraction of sp³-hybridized carbons (Fsp3) is 0.583. The van der Waals surface area contributed by atoms with Gasteiger partial charge in [-0.15, -0.1) is 0 Å². The maximum absolute atomic E-state index is 5.73.